The highest BCUT2D eigenvalue weighted by Crippen LogP contribution is 2.14. The van der Waals surface area contributed by atoms with Crippen LogP contribution in [-0.4, -0.2) is 24.9 Å². The van der Waals surface area contributed by atoms with Gasteiger partial charge < -0.3 is 4.57 Å². The summed E-state index contributed by atoms with van der Waals surface area (Å²) in [5, 5.41) is 2.22. The van der Waals surface area contributed by atoms with E-state index in [-0.39, 0.29) is 4.90 Å². The molecule has 0 radical (unpaired) electrons. The summed E-state index contributed by atoms with van der Waals surface area (Å²) in [6, 6.07) is 4.72. The third-order valence-corrected chi connectivity index (χ3v) is 5.45. The number of hydrogen-bond donors (Lipinski definition) is 1. The molecule has 1 atom stereocenters. The maximum Gasteiger partial charge on any atom is 0.266 e. The van der Waals surface area contributed by atoms with E-state index in [0.29, 0.717) is 9.82 Å². The second kappa shape index (κ2) is 6.74. The molecule has 1 aromatic carbocycles. The minimum absolute atomic E-state index is 0.0400. The molecule has 1 heterocycles. The molecule has 0 bridgehead atoms. The first-order valence-electron chi connectivity index (χ1n) is 6.26. The topological polar surface area (TPSA) is 80.5 Å². The van der Waals surface area contributed by atoms with Crippen molar-refractivity contribution < 1.29 is 13.2 Å². The van der Waals surface area contributed by atoms with Crippen LogP contribution in [0, 0.1) is 0 Å². The standard InChI is InChI=1S/C13H14ClN3O3S2/c1-9(12(18)15-13-17(2)7-8-21-13)16-22(19,20)11-5-3-10(14)4-6-11/h3-9,16H,1-2H3/t9-/m0/s1. The number of sulfonamides is 1. The maximum absolute atomic E-state index is 12.2. The van der Waals surface area contributed by atoms with Gasteiger partial charge in [0.2, 0.25) is 10.0 Å². The molecular weight excluding hydrogens is 346 g/mol. The number of halogens is 1. The Morgan fingerprint density at radius 3 is 2.55 bits per heavy atom. The summed E-state index contributed by atoms with van der Waals surface area (Å²) in [6.07, 6.45) is 1.76. The Kier molecular flexibility index (Phi) is 5.17. The lowest BCUT2D eigenvalue weighted by atomic mass is 10.3. The lowest BCUT2D eigenvalue weighted by molar-refractivity contribution is -0.119. The van der Waals surface area contributed by atoms with Gasteiger partial charge in [-0.1, -0.05) is 11.6 Å². The van der Waals surface area contributed by atoms with Gasteiger partial charge in [0.1, 0.15) is 6.04 Å². The monoisotopic (exact) mass is 359 g/mol. The average Bonchev–Trinajstić information content (AvgIpc) is 2.84. The normalized spacial score (nSPS) is 14.0. The second-order valence-corrected chi connectivity index (χ2v) is 7.57. The van der Waals surface area contributed by atoms with Gasteiger partial charge >= 0.3 is 0 Å². The number of amides is 1. The molecule has 0 aliphatic carbocycles. The Morgan fingerprint density at radius 1 is 1.36 bits per heavy atom. The van der Waals surface area contributed by atoms with Crippen molar-refractivity contribution in [1.82, 2.24) is 9.29 Å². The first-order valence-corrected chi connectivity index (χ1v) is 9.00. The van der Waals surface area contributed by atoms with Gasteiger partial charge in [0, 0.05) is 23.6 Å². The molecule has 0 aliphatic rings. The zero-order valence-electron chi connectivity index (χ0n) is 11.9. The summed E-state index contributed by atoms with van der Waals surface area (Å²) in [6.45, 7) is 1.45. The number of nitrogens with zero attached hydrogens (tertiary/aromatic N) is 2. The quantitative estimate of drug-likeness (QED) is 0.899. The van der Waals surface area contributed by atoms with E-state index >= 15 is 0 Å². The predicted octanol–water partition coefficient (Wildman–Crippen LogP) is 1.53. The van der Waals surface area contributed by atoms with E-state index < -0.39 is 22.0 Å². The smallest absolute Gasteiger partial charge is 0.266 e. The van der Waals surface area contributed by atoms with Crippen molar-refractivity contribution in [1.29, 1.82) is 0 Å². The lowest BCUT2D eigenvalue weighted by Crippen LogP contribution is -2.38. The number of hydrogen-bond acceptors (Lipinski definition) is 4. The van der Waals surface area contributed by atoms with Gasteiger partial charge in [0.05, 0.1) is 4.90 Å². The third-order valence-electron chi connectivity index (χ3n) is 2.79. The van der Waals surface area contributed by atoms with Crippen molar-refractivity contribution in [2.45, 2.75) is 17.9 Å². The number of carbonyl (C=O) groups is 1. The van der Waals surface area contributed by atoms with Crippen LogP contribution >= 0.6 is 22.9 Å². The Morgan fingerprint density at radius 2 is 2.00 bits per heavy atom. The summed E-state index contributed by atoms with van der Waals surface area (Å²) in [7, 11) is -2.05. The number of aromatic nitrogens is 1. The van der Waals surface area contributed by atoms with Gasteiger partial charge in [-0.15, -0.1) is 11.3 Å². The van der Waals surface area contributed by atoms with Crippen molar-refractivity contribution >= 4 is 38.9 Å². The molecule has 22 heavy (non-hydrogen) atoms. The molecule has 1 aromatic heterocycles. The molecule has 0 spiro atoms. The molecular formula is C13H14ClN3O3S2. The average molecular weight is 360 g/mol. The summed E-state index contributed by atoms with van der Waals surface area (Å²) in [5.41, 5.74) is 0. The van der Waals surface area contributed by atoms with Gasteiger partial charge in [-0.3, -0.25) is 4.79 Å². The minimum Gasteiger partial charge on any atom is -0.327 e. The van der Waals surface area contributed by atoms with Crippen molar-refractivity contribution in [2.24, 2.45) is 12.0 Å². The third kappa shape index (κ3) is 4.04. The van der Waals surface area contributed by atoms with E-state index in [4.69, 9.17) is 11.6 Å². The van der Waals surface area contributed by atoms with Gasteiger partial charge in [-0.2, -0.15) is 9.71 Å². The number of thiazole rings is 1. The molecule has 6 nitrogen and oxygen atoms in total. The Hall–Kier alpha value is -1.48. The van der Waals surface area contributed by atoms with Crippen LogP contribution < -0.4 is 9.52 Å². The maximum atomic E-state index is 12.2. The fraction of sp³-hybridized carbons (Fsp3) is 0.231. The van der Waals surface area contributed by atoms with Crippen molar-refractivity contribution in [3.63, 3.8) is 0 Å². The van der Waals surface area contributed by atoms with Gasteiger partial charge in [0.15, 0.2) is 4.80 Å². The molecule has 1 amide bonds. The number of rotatable bonds is 4. The molecule has 118 valence electrons. The summed E-state index contributed by atoms with van der Waals surface area (Å²) >= 11 is 7.02. The van der Waals surface area contributed by atoms with Crippen LogP contribution in [0.3, 0.4) is 0 Å². The molecule has 2 aromatic rings. The van der Waals surface area contributed by atoms with Gasteiger partial charge in [-0.25, -0.2) is 8.42 Å². The highest BCUT2D eigenvalue weighted by molar-refractivity contribution is 7.89. The fourth-order valence-corrected chi connectivity index (χ4v) is 3.65. The van der Waals surface area contributed by atoms with Gasteiger partial charge in [-0.05, 0) is 31.2 Å². The molecule has 9 heteroatoms. The Bertz CT molecular complexity index is 838. The fourth-order valence-electron chi connectivity index (χ4n) is 1.59. The molecule has 0 saturated heterocycles. The highest BCUT2D eigenvalue weighted by Gasteiger charge is 2.21. The highest BCUT2D eigenvalue weighted by atomic mass is 35.5. The van der Waals surface area contributed by atoms with Crippen LogP contribution in [0.1, 0.15) is 6.92 Å². The summed E-state index contributed by atoms with van der Waals surface area (Å²) < 4.78 is 28.3. The predicted molar refractivity (Wildman–Crippen MR) is 85.1 cm³/mol. The van der Waals surface area contributed by atoms with Crippen LogP contribution in [0.2, 0.25) is 5.02 Å². The largest absolute Gasteiger partial charge is 0.327 e. The number of aryl methyl sites for hydroxylation is 1. The van der Waals surface area contributed by atoms with E-state index in [1.807, 2.05) is 0 Å². The van der Waals surface area contributed by atoms with E-state index in [2.05, 4.69) is 9.71 Å². The van der Waals surface area contributed by atoms with E-state index in [0.717, 1.165) is 0 Å². The second-order valence-electron chi connectivity index (χ2n) is 4.54. The number of carbonyl (C=O) groups excluding carboxylic acids is 1. The summed E-state index contributed by atoms with van der Waals surface area (Å²) in [5.74, 6) is -0.560. The molecule has 2 rings (SSSR count). The van der Waals surface area contributed by atoms with Gasteiger partial charge in [0.25, 0.3) is 5.91 Å². The SMILES string of the molecule is C[C@H](NS(=O)(=O)c1ccc(Cl)cc1)C(=O)N=c1sccn1C. The first-order chi connectivity index (χ1) is 10.3. The van der Waals surface area contributed by atoms with E-state index in [1.54, 1.807) is 23.2 Å². The van der Waals surface area contributed by atoms with E-state index in [9.17, 15) is 13.2 Å². The molecule has 0 saturated carbocycles. The zero-order chi connectivity index (χ0) is 16.3. The van der Waals surface area contributed by atoms with Crippen LogP contribution in [0.5, 0.6) is 0 Å². The van der Waals surface area contributed by atoms with Crippen molar-refractivity contribution in [3.05, 3.63) is 45.7 Å². The molecule has 0 aliphatic heterocycles. The van der Waals surface area contributed by atoms with Crippen LogP contribution in [0.25, 0.3) is 0 Å². The number of benzene rings is 1. The van der Waals surface area contributed by atoms with Crippen LogP contribution in [0.4, 0.5) is 0 Å². The van der Waals surface area contributed by atoms with Crippen molar-refractivity contribution in [3.8, 4) is 0 Å². The van der Waals surface area contributed by atoms with E-state index in [1.165, 1.54) is 42.5 Å². The zero-order valence-corrected chi connectivity index (χ0v) is 14.2. The molecule has 0 fully saturated rings. The van der Waals surface area contributed by atoms with Crippen LogP contribution in [-0.2, 0) is 21.9 Å². The van der Waals surface area contributed by atoms with Crippen LogP contribution in [0.15, 0.2) is 45.7 Å². The first kappa shape index (κ1) is 16.9. The Balaban J connectivity index is 2.17. The number of nitrogens with one attached hydrogen (secondary N) is 1. The lowest BCUT2D eigenvalue weighted by Gasteiger charge is -2.11. The molecule has 1 N–H and O–H groups in total. The summed E-state index contributed by atoms with van der Waals surface area (Å²) in [4.78, 5) is 16.5. The van der Waals surface area contributed by atoms with Crippen molar-refractivity contribution in [2.75, 3.05) is 0 Å². The molecule has 0 unspecified atom stereocenters. The Labute approximate surface area is 137 Å². The minimum atomic E-state index is -3.80.